The number of aliphatic hydroxyl groups is 1. The molecule has 3 heteroatoms. The molecule has 2 N–H and O–H groups in total. The van der Waals surface area contributed by atoms with Crippen molar-refractivity contribution in [3.8, 4) is 0 Å². The SMILES string of the molecule is O=C(O)C12CCC(C[C@H]1O)C2. The number of rotatable bonds is 1. The summed E-state index contributed by atoms with van der Waals surface area (Å²) < 4.78 is 0. The number of carboxylic acid groups (broad SMARTS) is 1. The van der Waals surface area contributed by atoms with E-state index in [-0.39, 0.29) is 0 Å². The van der Waals surface area contributed by atoms with E-state index in [1.807, 2.05) is 0 Å². The zero-order chi connectivity index (χ0) is 8.06. The van der Waals surface area contributed by atoms with Gasteiger partial charge in [0, 0.05) is 0 Å². The van der Waals surface area contributed by atoms with Crippen LogP contribution in [0.15, 0.2) is 0 Å². The topological polar surface area (TPSA) is 57.5 Å². The van der Waals surface area contributed by atoms with E-state index in [4.69, 9.17) is 5.11 Å². The Morgan fingerprint density at radius 2 is 2.27 bits per heavy atom. The Labute approximate surface area is 65.0 Å². The molecule has 0 aromatic carbocycles. The summed E-state index contributed by atoms with van der Waals surface area (Å²) in [5.41, 5.74) is -0.759. The van der Waals surface area contributed by atoms with E-state index < -0.39 is 17.5 Å². The molecule has 2 aliphatic rings. The lowest BCUT2D eigenvalue weighted by Gasteiger charge is -2.26. The number of carbonyl (C=O) groups is 1. The van der Waals surface area contributed by atoms with Gasteiger partial charge in [-0.3, -0.25) is 4.79 Å². The second-order valence-corrected chi connectivity index (χ2v) is 3.82. The van der Waals surface area contributed by atoms with Gasteiger partial charge in [-0.1, -0.05) is 0 Å². The van der Waals surface area contributed by atoms with Crippen LogP contribution in [0, 0.1) is 11.3 Å². The lowest BCUT2D eigenvalue weighted by Crippen LogP contribution is -2.37. The normalized spacial score (nSPS) is 48.1. The van der Waals surface area contributed by atoms with Gasteiger partial charge in [-0.2, -0.15) is 0 Å². The molecule has 2 rings (SSSR count). The number of hydrogen-bond donors (Lipinski definition) is 2. The van der Waals surface area contributed by atoms with Gasteiger partial charge in [0.15, 0.2) is 0 Å². The fourth-order valence-corrected chi connectivity index (χ4v) is 2.56. The van der Waals surface area contributed by atoms with Gasteiger partial charge < -0.3 is 10.2 Å². The summed E-state index contributed by atoms with van der Waals surface area (Å²) in [4.78, 5) is 10.8. The van der Waals surface area contributed by atoms with Gasteiger partial charge in [-0.25, -0.2) is 0 Å². The van der Waals surface area contributed by atoms with Crippen LogP contribution in [0.25, 0.3) is 0 Å². The van der Waals surface area contributed by atoms with Crippen molar-refractivity contribution < 1.29 is 15.0 Å². The summed E-state index contributed by atoms with van der Waals surface area (Å²) in [5.74, 6) is -0.328. The predicted octanol–water partition coefficient (Wildman–Crippen LogP) is 0.622. The first-order valence-corrected chi connectivity index (χ1v) is 4.06. The minimum atomic E-state index is -0.801. The van der Waals surface area contributed by atoms with Crippen LogP contribution < -0.4 is 0 Å². The number of fused-ring (bicyclic) bond motifs is 2. The molecule has 0 aromatic rings. The highest BCUT2D eigenvalue weighted by molar-refractivity contribution is 5.76. The third-order valence-electron chi connectivity index (χ3n) is 3.27. The van der Waals surface area contributed by atoms with Crippen LogP contribution in [0.2, 0.25) is 0 Å². The van der Waals surface area contributed by atoms with Crippen molar-refractivity contribution in [2.24, 2.45) is 11.3 Å². The minimum Gasteiger partial charge on any atom is -0.481 e. The quantitative estimate of drug-likeness (QED) is 0.585. The molecule has 0 aromatic heterocycles. The molecule has 2 saturated carbocycles. The van der Waals surface area contributed by atoms with E-state index in [1.54, 1.807) is 0 Å². The van der Waals surface area contributed by atoms with Gasteiger partial charge in [0.25, 0.3) is 0 Å². The van der Waals surface area contributed by atoms with E-state index >= 15 is 0 Å². The van der Waals surface area contributed by atoms with Crippen molar-refractivity contribution in [3.63, 3.8) is 0 Å². The molecule has 3 atom stereocenters. The van der Waals surface area contributed by atoms with Crippen LogP contribution >= 0.6 is 0 Å². The highest BCUT2D eigenvalue weighted by Crippen LogP contribution is 2.54. The summed E-state index contributed by atoms with van der Waals surface area (Å²) in [5, 5.41) is 18.4. The number of carboxylic acids is 1. The fraction of sp³-hybridized carbons (Fsp3) is 0.875. The number of aliphatic carboxylic acids is 1. The summed E-state index contributed by atoms with van der Waals surface area (Å²) >= 11 is 0. The van der Waals surface area contributed by atoms with Crippen LogP contribution in [-0.4, -0.2) is 22.3 Å². The molecule has 0 spiro atoms. The summed E-state index contributed by atoms with van der Waals surface area (Å²) in [7, 11) is 0. The molecular formula is C8H12O3. The molecule has 62 valence electrons. The van der Waals surface area contributed by atoms with Gasteiger partial charge in [0.05, 0.1) is 11.5 Å². The Balaban J connectivity index is 2.29. The van der Waals surface area contributed by atoms with Gasteiger partial charge in [-0.05, 0) is 31.6 Å². The fourth-order valence-electron chi connectivity index (χ4n) is 2.56. The largest absolute Gasteiger partial charge is 0.481 e. The molecule has 3 nitrogen and oxygen atoms in total. The van der Waals surface area contributed by atoms with E-state index in [1.165, 1.54) is 0 Å². The Hall–Kier alpha value is -0.570. The van der Waals surface area contributed by atoms with E-state index in [0.717, 1.165) is 6.42 Å². The van der Waals surface area contributed by atoms with Crippen molar-refractivity contribution in [1.29, 1.82) is 0 Å². The van der Waals surface area contributed by atoms with Crippen LogP contribution in [0.5, 0.6) is 0 Å². The number of aliphatic hydroxyl groups excluding tert-OH is 1. The lowest BCUT2D eigenvalue weighted by atomic mass is 9.82. The van der Waals surface area contributed by atoms with Crippen molar-refractivity contribution in [3.05, 3.63) is 0 Å². The van der Waals surface area contributed by atoms with E-state index in [2.05, 4.69) is 0 Å². The molecule has 0 aliphatic heterocycles. The Morgan fingerprint density at radius 1 is 1.55 bits per heavy atom. The van der Waals surface area contributed by atoms with Crippen molar-refractivity contribution in [2.75, 3.05) is 0 Å². The second kappa shape index (κ2) is 1.97. The summed E-state index contributed by atoms with van der Waals surface area (Å²) in [6.07, 6.45) is 2.48. The Bertz CT molecular complexity index is 202. The second-order valence-electron chi connectivity index (χ2n) is 3.82. The molecular weight excluding hydrogens is 144 g/mol. The molecule has 0 amide bonds. The molecule has 2 aliphatic carbocycles. The van der Waals surface area contributed by atoms with Crippen LogP contribution in [0.3, 0.4) is 0 Å². The lowest BCUT2D eigenvalue weighted by molar-refractivity contribution is -0.154. The Kier molecular flexibility index (Phi) is 1.27. The van der Waals surface area contributed by atoms with Gasteiger partial charge in [-0.15, -0.1) is 0 Å². The smallest absolute Gasteiger partial charge is 0.312 e. The average molecular weight is 156 g/mol. The van der Waals surface area contributed by atoms with Crippen LogP contribution in [0.1, 0.15) is 25.7 Å². The first kappa shape index (κ1) is 7.10. The molecule has 0 heterocycles. The van der Waals surface area contributed by atoms with Gasteiger partial charge in [0.1, 0.15) is 0 Å². The molecule has 0 radical (unpaired) electrons. The van der Waals surface area contributed by atoms with Gasteiger partial charge >= 0.3 is 5.97 Å². The van der Waals surface area contributed by atoms with E-state index in [0.29, 0.717) is 25.2 Å². The zero-order valence-electron chi connectivity index (χ0n) is 6.29. The van der Waals surface area contributed by atoms with Crippen LogP contribution in [-0.2, 0) is 4.79 Å². The third-order valence-corrected chi connectivity index (χ3v) is 3.27. The van der Waals surface area contributed by atoms with Crippen molar-refractivity contribution in [2.45, 2.75) is 31.8 Å². The first-order valence-electron chi connectivity index (χ1n) is 4.06. The molecule has 11 heavy (non-hydrogen) atoms. The maximum absolute atomic E-state index is 10.8. The standard InChI is InChI=1S/C8H12O3/c9-6-3-5-1-2-8(6,4-5)7(10)11/h5-6,9H,1-4H2,(H,10,11)/t5?,6-,8?/m1/s1. The third kappa shape index (κ3) is 0.745. The summed E-state index contributed by atoms with van der Waals surface area (Å²) in [6.45, 7) is 0. The van der Waals surface area contributed by atoms with Crippen molar-refractivity contribution in [1.82, 2.24) is 0 Å². The monoisotopic (exact) mass is 156 g/mol. The molecule has 2 bridgehead atoms. The van der Waals surface area contributed by atoms with E-state index in [9.17, 15) is 9.90 Å². The molecule has 2 fully saturated rings. The highest BCUT2D eigenvalue weighted by atomic mass is 16.4. The predicted molar refractivity (Wildman–Crippen MR) is 38.0 cm³/mol. The average Bonchev–Trinajstić information content (AvgIpc) is 2.43. The number of hydrogen-bond acceptors (Lipinski definition) is 2. The first-order chi connectivity index (χ1) is 5.15. The molecule has 2 unspecified atom stereocenters. The van der Waals surface area contributed by atoms with Crippen molar-refractivity contribution >= 4 is 5.97 Å². The maximum Gasteiger partial charge on any atom is 0.312 e. The molecule has 0 saturated heterocycles. The Morgan fingerprint density at radius 3 is 2.55 bits per heavy atom. The zero-order valence-corrected chi connectivity index (χ0v) is 6.29. The maximum atomic E-state index is 10.8. The van der Waals surface area contributed by atoms with Crippen LogP contribution in [0.4, 0.5) is 0 Å². The highest BCUT2D eigenvalue weighted by Gasteiger charge is 2.56. The minimum absolute atomic E-state index is 0.473. The summed E-state index contributed by atoms with van der Waals surface area (Å²) in [6, 6.07) is 0. The van der Waals surface area contributed by atoms with Gasteiger partial charge in [0.2, 0.25) is 0 Å².